The smallest absolute Gasteiger partial charge is 0.329 e. The fourth-order valence-corrected chi connectivity index (χ4v) is 4.36. The summed E-state index contributed by atoms with van der Waals surface area (Å²) < 4.78 is 13.6. The second-order valence-corrected chi connectivity index (χ2v) is 8.94. The number of aromatic amines is 1. The first-order chi connectivity index (χ1) is 15.5. The van der Waals surface area contributed by atoms with Crippen LogP contribution in [0.3, 0.4) is 0 Å². The molecule has 32 heavy (non-hydrogen) atoms. The topological polar surface area (TPSA) is 90.4 Å². The Bertz CT molecular complexity index is 1180. The molecule has 3 atom stereocenters. The van der Waals surface area contributed by atoms with Crippen molar-refractivity contribution in [2.75, 3.05) is 6.61 Å². The second kappa shape index (κ2) is 10.4. The molecule has 0 spiro atoms. The van der Waals surface area contributed by atoms with Crippen molar-refractivity contribution in [1.82, 2.24) is 9.55 Å². The van der Waals surface area contributed by atoms with Crippen molar-refractivity contribution < 1.29 is 14.3 Å². The molecule has 1 aromatic heterocycles. The van der Waals surface area contributed by atoms with Crippen LogP contribution in [0.1, 0.15) is 23.6 Å². The van der Waals surface area contributed by atoms with E-state index >= 15 is 0 Å². The number of hydrogen-bond donors (Lipinski definition) is 1. The Kier molecular flexibility index (Phi) is 7.33. The molecular weight excluding hydrogens is 523 g/mol. The third-order valence-electron chi connectivity index (χ3n) is 5.54. The van der Waals surface area contributed by atoms with Crippen molar-refractivity contribution in [3.63, 3.8) is 0 Å². The third kappa shape index (κ3) is 5.25. The van der Waals surface area contributed by atoms with Crippen molar-refractivity contribution in [3.05, 3.63) is 102 Å². The Balaban J connectivity index is 1.52. The van der Waals surface area contributed by atoms with Crippen LogP contribution in [0.25, 0.3) is 0 Å². The Morgan fingerprint density at radius 3 is 2.22 bits per heavy atom. The van der Waals surface area contributed by atoms with Crippen LogP contribution >= 0.6 is 22.6 Å². The molecule has 8 heteroatoms. The molecule has 0 saturated heterocycles. The largest absolute Gasteiger partial charge is 0.376 e. The lowest BCUT2D eigenvalue weighted by Gasteiger charge is -2.19. The molecular formula is C24H23IN2O5. The van der Waals surface area contributed by atoms with Gasteiger partial charge in [-0.05, 0) is 40.1 Å². The average molecular weight is 546 g/mol. The van der Waals surface area contributed by atoms with Gasteiger partial charge in [-0.25, -0.2) is 4.79 Å². The zero-order chi connectivity index (χ0) is 22.5. The maximum atomic E-state index is 13.3. The zero-order valence-corrected chi connectivity index (χ0v) is 19.4. The Labute approximate surface area is 198 Å². The number of aromatic nitrogens is 2. The average Bonchev–Trinajstić information content (AvgIpc) is 3.11. The summed E-state index contributed by atoms with van der Waals surface area (Å²) in [6.07, 6.45) is 1.13. The van der Waals surface area contributed by atoms with Crippen molar-refractivity contribution in [2.24, 2.45) is 5.92 Å². The number of nitrogens with one attached hydrogen (secondary N) is 1. The van der Waals surface area contributed by atoms with Crippen molar-refractivity contribution in [3.8, 4) is 0 Å². The number of carbonyl (C=O) groups excluding carboxylic acids is 1. The van der Waals surface area contributed by atoms with E-state index in [4.69, 9.17) is 9.47 Å². The number of halogens is 1. The zero-order valence-electron chi connectivity index (χ0n) is 17.3. The van der Waals surface area contributed by atoms with Gasteiger partial charge in [0.15, 0.2) is 5.78 Å². The van der Waals surface area contributed by atoms with Crippen LogP contribution in [-0.4, -0.2) is 28.0 Å². The molecule has 3 unspecified atom stereocenters. The quantitative estimate of drug-likeness (QED) is 0.439. The molecule has 1 fully saturated rings. The highest BCUT2D eigenvalue weighted by atomic mass is 127. The summed E-state index contributed by atoms with van der Waals surface area (Å²) in [4.78, 5) is 39.7. The lowest BCUT2D eigenvalue weighted by molar-refractivity contribution is -0.133. The lowest BCUT2D eigenvalue weighted by Crippen LogP contribution is -2.36. The molecule has 1 aliphatic carbocycles. The van der Waals surface area contributed by atoms with Crippen LogP contribution in [0.15, 0.2) is 76.4 Å². The molecule has 1 saturated carbocycles. The number of H-pyrrole nitrogens is 1. The van der Waals surface area contributed by atoms with Gasteiger partial charge in [0.2, 0.25) is 0 Å². The lowest BCUT2D eigenvalue weighted by atomic mass is 10.1. The standard InChI is InChI=1S/C24H23IN2O5/c25-19-12-27(24(30)26-23(19)29)20-11-18(15-31-13-16-7-3-1-4-8-16)22(21(20)28)32-14-17-9-5-2-6-10-17/h1-10,12,18,20,22H,11,13-15H2,(H,26,29,30). The molecule has 1 aliphatic rings. The number of ether oxygens (including phenoxy) is 2. The molecule has 0 aliphatic heterocycles. The van der Waals surface area contributed by atoms with E-state index in [0.717, 1.165) is 11.1 Å². The van der Waals surface area contributed by atoms with Crippen molar-refractivity contribution in [2.45, 2.75) is 31.8 Å². The minimum Gasteiger partial charge on any atom is -0.376 e. The predicted octanol–water partition coefficient (Wildman–Crippen LogP) is 3.07. The number of nitrogens with zero attached hydrogens (tertiary/aromatic N) is 1. The molecule has 166 valence electrons. The summed E-state index contributed by atoms with van der Waals surface area (Å²) >= 11 is 1.85. The Morgan fingerprint density at radius 1 is 0.938 bits per heavy atom. The summed E-state index contributed by atoms with van der Waals surface area (Å²) in [6, 6.07) is 18.7. The van der Waals surface area contributed by atoms with E-state index in [9.17, 15) is 14.4 Å². The highest BCUT2D eigenvalue weighted by molar-refractivity contribution is 14.1. The first-order valence-electron chi connectivity index (χ1n) is 10.3. The predicted molar refractivity (Wildman–Crippen MR) is 127 cm³/mol. The monoisotopic (exact) mass is 546 g/mol. The van der Waals surface area contributed by atoms with Crippen molar-refractivity contribution >= 4 is 28.4 Å². The molecule has 7 nitrogen and oxygen atoms in total. The van der Waals surface area contributed by atoms with Gasteiger partial charge < -0.3 is 9.47 Å². The van der Waals surface area contributed by atoms with Crippen LogP contribution in [0.2, 0.25) is 0 Å². The summed E-state index contributed by atoms with van der Waals surface area (Å²) in [5.74, 6) is -0.393. The molecule has 2 aromatic carbocycles. The van der Waals surface area contributed by atoms with Gasteiger partial charge in [-0.1, -0.05) is 60.7 Å². The molecule has 1 N–H and O–H groups in total. The van der Waals surface area contributed by atoms with E-state index in [1.807, 2.05) is 83.3 Å². The molecule has 0 bridgehead atoms. The van der Waals surface area contributed by atoms with E-state index in [1.54, 1.807) is 0 Å². The summed E-state index contributed by atoms with van der Waals surface area (Å²) in [7, 11) is 0. The van der Waals surface area contributed by atoms with Gasteiger partial charge >= 0.3 is 5.69 Å². The number of Topliss-reactive ketones (excluding diaryl/α,β-unsaturated/α-hetero) is 1. The van der Waals surface area contributed by atoms with Gasteiger partial charge in [0.25, 0.3) is 5.56 Å². The number of rotatable bonds is 8. The van der Waals surface area contributed by atoms with E-state index in [-0.39, 0.29) is 18.3 Å². The minimum atomic E-state index is -0.709. The highest BCUT2D eigenvalue weighted by Crippen LogP contribution is 2.34. The third-order valence-corrected chi connectivity index (χ3v) is 6.31. The van der Waals surface area contributed by atoms with Gasteiger partial charge in [-0.2, -0.15) is 0 Å². The number of benzene rings is 2. The number of hydrogen-bond acceptors (Lipinski definition) is 5. The van der Waals surface area contributed by atoms with Gasteiger partial charge in [-0.15, -0.1) is 0 Å². The van der Waals surface area contributed by atoms with E-state index in [1.165, 1.54) is 10.8 Å². The first-order valence-corrected chi connectivity index (χ1v) is 11.4. The highest BCUT2D eigenvalue weighted by Gasteiger charge is 2.44. The summed E-state index contributed by atoms with van der Waals surface area (Å²) in [6.45, 7) is 1.04. The Morgan fingerprint density at radius 2 is 1.56 bits per heavy atom. The van der Waals surface area contributed by atoms with Gasteiger partial charge in [0.05, 0.1) is 29.4 Å². The second-order valence-electron chi connectivity index (χ2n) is 7.78. The van der Waals surface area contributed by atoms with Gasteiger partial charge in [0, 0.05) is 12.1 Å². The van der Waals surface area contributed by atoms with E-state index < -0.39 is 23.4 Å². The SMILES string of the molecule is O=C1C(OCc2ccccc2)C(COCc2ccccc2)CC1n1cc(I)c(=O)[nH]c1=O. The van der Waals surface area contributed by atoms with Crippen LogP contribution in [0.5, 0.6) is 0 Å². The van der Waals surface area contributed by atoms with Crippen LogP contribution in [0, 0.1) is 9.49 Å². The summed E-state index contributed by atoms with van der Waals surface area (Å²) in [5.41, 5.74) is 0.948. The molecule has 1 heterocycles. The van der Waals surface area contributed by atoms with E-state index in [2.05, 4.69) is 4.98 Å². The molecule has 0 amide bonds. The maximum absolute atomic E-state index is 13.3. The number of carbonyl (C=O) groups is 1. The van der Waals surface area contributed by atoms with Crippen LogP contribution in [0.4, 0.5) is 0 Å². The first kappa shape index (κ1) is 22.6. The van der Waals surface area contributed by atoms with Crippen LogP contribution < -0.4 is 11.2 Å². The number of ketones is 1. The fourth-order valence-electron chi connectivity index (χ4n) is 3.93. The van der Waals surface area contributed by atoms with Crippen LogP contribution in [-0.2, 0) is 27.5 Å². The molecule has 3 aromatic rings. The minimum absolute atomic E-state index is 0.181. The maximum Gasteiger partial charge on any atom is 0.329 e. The normalized spacial score (nSPS) is 20.5. The van der Waals surface area contributed by atoms with Gasteiger partial charge in [0.1, 0.15) is 6.10 Å². The molecule has 0 radical (unpaired) electrons. The molecule has 4 rings (SSSR count). The fraction of sp³-hybridized carbons (Fsp3) is 0.292. The van der Waals surface area contributed by atoms with Crippen molar-refractivity contribution in [1.29, 1.82) is 0 Å². The van der Waals surface area contributed by atoms with E-state index in [0.29, 0.717) is 23.2 Å². The Hall–Kier alpha value is -2.56. The van der Waals surface area contributed by atoms with Gasteiger partial charge in [-0.3, -0.25) is 19.1 Å². The summed E-state index contributed by atoms with van der Waals surface area (Å²) in [5, 5.41) is 0.